The summed E-state index contributed by atoms with van der Waals surface area (Å²) in [6.45, 7) is 6.10. The van der Waals surface area contributed by atoms with E-state index in [-0.39, 0.29) is 0 Å². The summed E-state index contributed by atoms with van der Waals surface area (Å²) in [5, 5.41) is 2.07. The topological polar surface area (TPSA) is 9.23 Å². The standard InChI is InChI=1S/C26H36OS/c1-25-13-12-21-19(9-8-18-14-22-23(28-22)15-26(18,21)2)20(25)10-11-24(25)27-16-17-6-4-3-5-7-17/h3-7,18-24H,8-16H2,1-2H3/t18?,19-,20-,21+,22?,23?,24?,25-,26-/m0/s1. The van der Waals surface area contributed by atoms with Crippen molar-refractivity contribution in [2.24, 2.45) is 34.5 Å². The fourth-order valence-electron chi connectivity index (χ4n) is 8.52. The van der Waals surface area contributed by atoms with Crippen LogP contribution in [0.4, 0.5) is 0 Å². The lowest BCUT2D eigenvalue weighted by molar-refractivity contribution is -0.130. The Labute approximate surface area is 175 Å². The van der Waals surface area contributed by atoms with Gasteiger partial charge in [0.1, 0.15) is 0 Å². The molecule has 0 radical (unpaired) electrons. The molecule has 0 N–H and O–H groups in total. The van der Waals surface area contributed by atoms with E-state index in [2.05, 4.69) is 55.9 Å². The van der Waals surface area contributed by atoms with E-state index in [1.807, 2.05) is 0 Å². The fourth-order valence-corrected chi connectivity index (χ4v) is 9.88. The molecule has 1 nitrogen and oxygen atoms in total. The smallest absolute Gasteiger partial charge is 0.0720 e. The molecule has 6 rings (SSSR count). The minimum absolute atomic E-state index is 0.421. The van der Waals surface area contributed by atoms with Gasteiger partial charge in [-0.05, 0) is 91.4 Å². The molecule has 28 heavy (non-hydrogen) atoms. The van der Waals surface area contributed by atoms with Crippen LogP contribution in [0, 0.1) is 34.5 Å². The van der Waals surface area contributed by atoms with Gasteiger partial charge in [-0.3, -0.25) is 0 Å². The third-order valence-corrected chi connectivity index (χ3v) is 11.5. The number of thioether (sulfide) groups is 1. The monoisotopic (exact) mass is 396 g/mol. The Morgan fingerprint density at radius 2 is 1.75 bits per heavy atom. The van der Waals surface area contributed by atoms with Gasteiger partial charge in [-0.1, -0.05) is 44.2 Å². The first-order chi connectivity index (χ1) is 13.6. The summed E-state index contributed by atoms with van der Waals surface area (Å²) in [7, 11) is 0. The van der Waals surface area contributed by atoms with Crippen LogP contribution in [-0.4, -0.2) is 16.6 Å². The summed E-state index contributed by atoms with van der Waals surface area (Å²) in [5.41, 5.74) is 2.40. The van der Waals surface area contributed by atoms with E-state index in [0.717, 1.165) is 40.8 Å². The van der Waals surface area contributed by atoms with Gasteiger partial charge in [0.15, 0.2) is 0 Å². The number of hydrogen-bond donors (Lipinski definition) is 0. The molecule has 1 aliphatic heterocycles. The molecule has 0 bridgehead atoms. The van der Waals surface area contributed by atoms with Crippen LogP contribution in [0.5, 0.6) is 0 Å². The molecule has 4 aliphatic carbocycles. The second kappa shape index (κ2) is 6.51. The summed E-state index contributed by atoms with van der Waals surface area (Å²) in [5.74, 6) is 3.92. The minimum Gasteiger partial charge on any atom is -0.373 e. The zero-order valence-electron chi connectivity index (χ0n) is 17.6. The third-order valence-electron chi connectivity index (χ3n) is 10.1. The second-order valence-corrected chi connectivity index (χ2v) is 12.7. The maximum Gasteiger partial charge on any atom is 0.0720 e. The molecular formula is C26H36OS. The first-order valence-corrected chi connectivity index (χ1v) is 12.8. The second-order valence-electron chi connectivity index (χ2n) is 11.2. The fraction of sp³-hybridized carbons (Fsp3) is 0.769. The predicted molar refractivity (Wildman–Crippen MR) is 117 cm³/mol. The van der Waals surface area contributed by atoms with E-state index in [1.165, 1.54) is 50.5 Å². The summed E-state index contributed by atoms with van der Waals surface area (Å²) >= 11 is 2.31. The Bertz CT molecular complexity index is 733. The highest BCUT2D eigenvalue weighted by molar-refractivity contribution is 8.07. The van der Waals surface area contributed by atoms with Crippen LogP contribution in [0.15, 0.2) is 30.3 Å². The van der Waals surface area contributed by atoms with Gasteiger partial charge >= 0.3 is 0 Å². The Kier molecular flexibility index (Phi) is 4.26. The van der Waals surface area contributed by atoms with Crippen molar-refractivity contribution in [3.63, 3.8) is 0 Å². The highest BCUT2D eigenvalue weighted by atomic mass is 32.2. The average Bonchev–Trinajstić information content (AvgIpc) is 3.35. The average molecular weight is 397 g/mol. The molecule has 5 aliphatic rings. The van der Waals surface area contributed by atoms with Crippen LogP contribution >= 0.6 is 11.8 Å². The number of benzene rings is 1. The van der Waals surface area contributed by atoms with Crippen molar-refractivity contribution in [2.45, 2.75) is 88.4 Å². The molecule has 0 amide bonds. The van der Waals surface area contributed by atoms with Crippen molar-refractivity contribution >= 4 is 11.8 Å². The summed E-state index contributed by atoms with van der Waals surface area (Å²) < 4.78 is 6.59. The van der Waals surface area contributed by atoms with Crippen LogP contribution in [0.25, 0.3) is 0 Å². The van der Waals surface area contributed by atoms with Gasteiger partial charge in [-0.2, -0.15) is 11.8 Å². The molecule has 1 aromatic carbocycles. The van der Waals surface area contributed by atoms with Crippen molar-refractivity contribution < 1.29 is 4.74 Å². The lowest BCUT2D eigenvalue weighted by atomic mass is 9.45. The molecule has 0 spiro atoms. The molecule has 1 heterocycles. The number of rotatable bonds is 3. The predicted octanol–water partition coefficient (Wildman–Crippen LogP) is 6.71. The van der Waals surface area contributed by atoms with Crippen molar-refractivity contribution in [1.82, 2.24) is 0 Å². The zero-order chi connectivity index (χ0) is 18.9. The highest BCUT2D eigenvalue weighted by Crippen LogP contribution is 2.70. The molecule has 9 atom stereocenters. The van der Waals surface area contributed by atoms with Crippen molar-refractivity contribution in [3.8, 4) is 0 Å². The maximum absolute atomic E-state index is 6.59. The molecule has 4 unspecified atom stereocenters. The first kappa shape index (κ1) is 18.3. The van der Waals surface area contributed by atoms with Gasteiger partial charge in [-0.15, -0.1) is 0 Å². The number of hydrogen-bond acceptors (Lipinski definition) is 2. The number of ether oxygens (including phenoxy) is 1. The van der Waals surface area contributed by atoms with Gasteiger partial charge in [0.05, 0.1) is 12.7 Å². The minimum atomic E-state index is 0.421. The van der Waals surface area contributed by atoms with E-state index >= 15 is 0 Å². The van der Waals surface area contributed by atoms with Crippen molar-refractivity contribution in [2.75, 3.05) is 0 Å². The zero-order valence-corrected chi connectivity index (χ0v) is 18.4. The highest BCUT2D eigenvalue weighted by Gasteiger charge is 2.63. The Morgan fingerprint density at radius 3 is 2.61 bits per heavy atom. The quantitative estimate of drug-likeness (QED) is 0.525. The lowest BCUT2D eigenvalue weighted by Crippen LogP contribution is -2.54. The van der Waals surface area contributed by atoms with Crippen molar-refractivity contribution in [3.05, 3.63) is 35.9 Å². The Balaban J connectivity index is 1.20. The summed E-state index contributed by atoms with van der Waals surface area (Å²) in [4.78, 5) is 0. The third kappa shape index (κ3) is 2.69. The van der Waals surface area contributed by atoms with E-state index in [0.29, 0.717) is 16.9 Å². The largest absolute Gasteiger partial charge is 0.373 e. The molecule has 0 aromatic heterocycles. The molecule has 152 valence electrons. The lowest BCUT2D eigenvalue weighted by Gasteiger charge is -2.60. The van der Waals surface area contributed by atoms with Gasteiger partial charge < -0.3 is 4.74 Å². The van der Waals surface area contributed by atoms with Gasteiger partial charge in [0, 0.05) is 10.5 Å². The van der Waals surface area contributed by atoms with E-state index < -0.39 is 0 Å². The van der Waals surface area contributed by atoms with E-state index in [1.54, 1.807) is 6.42 Å². The molecule has 1 aromatic rings. The maximum atomic E-state index is 6.59. The van der Waals surface area contributed by atoms with Gasteiger partial charge in [-0.25, -0.2) is 0 Å². The molecular weight excluding hydrogens is 360 g/mol. The SMILES string of the molecule is C[C@]12CC3SC3CC1CC[C@@H]1[C@H]2CC[C@]2(C)C(OCc3ccccc3)CC[C@@H]12. The molecule has 4 saturated carbocycles. The van der Waals surface area contributed by atoms with Gasteiger partial charge in [0.25, 0.3) is 0 Å². The van der Waals surface area contributed by atoms with Crippen LogP contribution in [-0.2, 0) is 11.3 Å². The first-order valence-electron chi connectivity index (χ1n) is 11.9. The summed E-state index contributed by atoms with van der Waals surface area (Å²) in [6, 6.07) is 10.8. The normalized spacial score (nSPS) is 51.6. The van der Waals surface area contributed by atoms with Crippen LogP contribution in [0.1, 0.15) is 70.8 Å². The Hall–Kier alpha value is -0.470. The van der Waals surface area contributed by atoms with E-state index in [4.69, 9.17) is 4.74 Å². The summed E-state index contributed by atoms with van der Waals surface area (Å²) in [6.07, 6.45) is 12.2. The van der Waals surface area contributed by atoms with Crippen LogP contribution in [0.3, 0.4) is 0 Å². The molecule has 1 saturated heterocycles. The van der Waals surface area contributed by atoms with Crippen molar-refractivity contribution in [1.29, 1.82) is 0 Å². The van der Waals surface area contributed by atoms with E-state index in [9.17, 15) is 0 Å². The van der Waals surface area contributed by atoms with Gasteiger partial charge in [0.2, 0.25) is 0 Å². The molecule has 2 heteroatoms. The van der Waals surface area contributed by atoms with Crippen LogP contribution in [0.2, 0.25) is 0 Å². The van der Waals surface area contributed by atoms with Crippen LogP contribution < -0.4 is 0 Å². The molecule has 5 fully saturated rings. The number of fused-ring (bicyclic) bond motifs is 6. The Morgan fingerprint density at radius 1 is 0.929 bits per heavy atom.